The second-order valence-corrected chi connectivity index (χ2v) is 6.02. The van der Waals surface area contributed by atoms with Crippen molar-refractivity contribution in [2.24, 2.45) is 0 Å². The van der Waals surface area contributed by atoms with Gasteiger partial charge in [0.25, 0.3) is 5.91 Å². The second kappa shape index (κ2) is 6.52. The number of anilines is 1. The van der Waals surface area contributed by atoms with Crippen molar-refractivity contribution in [1.82, 2.24) is 14.8 Å². The lowest BCUT2D eigenvalue weighted by Gasteiger charge is -2.07. The molecule has 1 N–H and O–H groups in total. The lowest BCUT2D eigenvalue weighted by atomic mass is 10.2. The molecule has 3 aromatic rings. The first-order valence-electron chi connectivity index (χ1n) is 6.78. The fourth-order valence-electron chi connectivity index (χ4n) is 2.15. The number of hydrogen-bond acceptors (Lipinski definition) is 3. The Bertz CT molecular complexity index is 878. The highest BCUT2D eigenvalue weighted by Crippen LogP contribution is 2.22. The minimum absolute atomic E-state index is 0.251. The molecule has 23 heavy (non-hydrogen) atoms. The average Bonchev–Trinajstić information content (AvgIpc) is 2.88. The van der Waals surface area contributed by atoms with Gasteiger partial charge in [-0.1, -0.05) is 17.7 Å². The third kappa shape index (κ3) is 3.28. The van der Waals surface area contributed by atoms with Crippen LogP contribution in [-0.2, 0) is 0 Å². The van der Waals surface area contributed by atoms with Gasteiger partial charge >= 0.3 is 0 Å². The zero-order valence-corrected chi connectivity index (χ0v) is 14.5. The van der Waals surface area contributed by atoms with E-state index in [9.17, 15) is 4.79 Å². The van der Waals surface area contributed by atoms with Crippen molar-refractivity contribution < 1.29 is 4.79 Å². The molecule has 0 bridgehead atoms. The van der Waals surface area contributed by atoms with E-state index in [1.807, 2.05) is 25.1 Å². The fourth-order valence-corrected chi connectivity index (χ4v) is 2.76. The molecule has 0 atom stereocenters. The quantitative estimate of drug-likeness (QED) is 0.679. The second-order valence-electron chi connectivity index (χ2n) is 4.83. The molecule has 1 aromatic carbocycles. The van der Waals surface area contributed by atoms with Gasteiger partial charge in [-0.3, -0.25) is 4.79 Å². The van der Waals surface area contributed by atoms with E-state index >= 15 is 0 Å². The molecule has 5 nitrogen and oxygen atoms in total. The van der Waals surface area contributed by atoms with Crippen LogP contribution < -0.4 is 5.32 Å². The van der Waals surface area contributed by atoms with Crippen molar-refractivity contribution in [1.29, 1.82) is 0 Å². The highest BCUT2D eigenvalue weighted by atomic mass is 79.9. The summed E-state index contributed by atoms with van der Waals surface area (Å²) in [6, 6.07) is 10.8. The summed E-state index contributed by atoms with van der Waals surface area (Å²) < 4.78 is 2.22. The third-order valence-electron chi connectivity index (χ3n) is 3.31. The summed E-state index contributed by atoms with van der Waals surface area (Å²) in [7, 11) is 0. The summed E-state index contributed by atoms with van der Waals surface area (Å²) in [5.74, 6) is -0.251. The molecule has 0 saturated carbocycles. The number of rotatable bonds is 3. The molecule has 2 aromatic heterocycles. The van der Waals surface area contributed by atoms with Crippen LogP contribution in [0.1, 0.15) is 16.1 Å². The molecular weight excluding hydrogens is 380 g/mol. The Hall–Kier alpha value is -2.18. The molecule has 0 aliphatic rings. The lowest BCUT2D eigenvalue weighted by Crippen LogP contribution is -2.13. The number of nitrogens with one attached hydrogen (secondary N) is 1. The molecule has 1 amide bonds. The summed E-state index contributed by atoms with van der Waals surface area (Å²) in [6.07, 6.45) is 3.22. The predicted molar refractivity (Wildman–Crippen MR) is 93.2 cm³/mol. The van der Waals surface area contributed by atoms with Crippen LogP contribution in [0.4, 0.5) is 5.69 Å². The SMILES string of the molecule is Cc1c(NC(=O)c2cccnc2Br)cnn1-c1cccc(Cl)c1. The number of aromatic nitrogens is 3. The van der Waals surface area contributed by atoms with Gasteiger partial charge in [-0.15, -0.1) is 0 Å². The summed E-state index contributed by atoms with van der Waals surface area (Å²) in [5.41, 5.74) is 2.73. The van der Waals surface area contributed by atoms with Gasteiger partial charge in [-0.25, -0.2) is 9.67 Å². The van der Waals surface area contributed by atoms with Gasteiger partial charge in [-0.2, -0.15) is 5.10 Å². The molecule has 116 valence electrons. The monoisotopic (exact) mass is 390 g/mol. The van der Waals surface area contributed by atoms with Crippen LogP contribution in [-0.4, -0.2) is 20.7 Å². The molecule has 7 heteroatoms. The number of hydrogen-bond donors (Lipinski definition) is 1. The maximum absolute atomic E-state index is 12.3. The van der Waals surface area contributed by atoms with E-state index < -0.39 is 0 Å². The van der Waals surface area contributed by atoms with E-state index in [4.69, 9.17) is 11.6 Å². The van der Waals surface area contributed by atoms with Crippen molar-refractivity contribution in [3.63, 3.8) is 0 Å². The Kier molecular flexibility index (Phi) is 4.45. The molecule has 0 aliphatic heterocycles. The number of nitrogens with zero attached hydrogens (tertiary/aromatic N) is 3. The van der Waals surface area contributed by atoms with Gasteiger partial charge in [0.05, 0.1) is 28.8 Å². The normalized spacial score (nSPS) is 10.6. The van der Waals surface area contributed by atoms with Gasteiger partial charge in [0.15, 0.2) is 0 Å². The van der Waals surface area contributed by atoms with E-state index in [2.05, 4.69) is 31.3 Å². The van der Waals surface area contributed by atoms with Crippen molar-refractivity contribution in [2.75, 3.05) is 5.32 Å². The van der Waals surface area contributed by atoms with Crippen LogP contribution >= 0.6 is 27.5 Å². The number of halogens is 2. The fraction of sp³-hybridized carbons (Fsp3) is 0.0625. The lowest BCUT2D eigenvalue weighted by molar-refractivity contribution is 0.102. The third-order valence-corrected chi connectivity index (χ3v) is 4.18. The molecule has 0 aliphatic carbocycles. The topological polar surface area (TPSA) is 59.8 Å². The highest BCUT2D eigenvalue weighted by molar-refractivity contribution is 9.10. The standard InChI is InChI=1S/C16H12BrClN4O/c1-10-14(21-16(23)13-6-3-7-19-15(13)17)9-20-22(10)12-5-2-4-11(18)8-12/h2-9H,1H3,(H,21,23). The van der Waals surface area contributed by atoms with Crippen LogP contribution in [0.5, 0.6) is 0 Å². The first-order chi connectivity index (χ1) is 11.1. The highest BCUT2D eigenvalue weighted by Gasteiger charge is 2.14. The molecule has 0 spiro atoms. The van der Waals surface area contributed by atoms with Crippen molar-refractivity contribution >= 4 is 39.1 Å². The average molecular weight is 392 g/mol. The van der Waals surface area contributed by atoms with E-state index in [0.29, 0.717) is 20.9 Å². The van der Waals surface area contributed by atoms with E-state index in [1.165, 1.54) is 0 Å². The van der Waals surface area contributed by atoms with Gasteiger partial charge < -0.3 is 5.32 Å². The van der Waals surface area contributed by atoms with E-state index in [-0.39, 0.29) is 5.91 Å². The molecule has 0 radical (unpaired) electrons. The first-order valence-corrected chi connectivity index (χ1v) is 7.96. The Morgan fingerprint density at radius 1 is 1.30 bits per heavy atom. The van der Waals surface area contributed by atoms with Crippen LogP contribution in [0.2, 0.25) is 5.02 Å². The zero-order valence-electron chi connectivity index (χ0n) is 12.1. The number of benzene rings is 1. The molecular formula is C16H12BrClN4O. The number of carbonyl (C=O) groups is 1. The van der Waals surface area contributed by atoms with Gasteiger partial charge in [0.1, 0.15) is 4.60 Å². The maximum atomic E-state index is 12.3. The largest absolute Gasteiger partial charge is 0.319 e. The van der Waals surface area contributed by atoms with Crippen molar-refractivity contribution in [2.45, 2.75) is 6.92 Å². The Morgan fingerprint density at radius 3 is 2.87 bits per heavy atom. The number of pyridine rings is 1. The molecule has 2 heterocycles. The minimum atomic E-state index is -0.251. The molecule has 0 fully saturated rings. The summed E-state index contributed by atoms with van der Waals surface area (Å²) in [6.45, 7) is 1.88. The van der Waals surface area contributed by atoms with Gasteiger partial charge in [0.2, 0.25) is 0 Å². The van der Waals surface area contributed by atoms with Crippen LogP contribution in [0, 0.1) is 6.92 Å². The Balaban J connectivity index is 1.88. The van der Waals surface area contributed by atoms with Crippen LogP contribution in [0.3, 0.4) is 0 Å². The van der Waals surface area contributed by atoms with Gasteiger partial charge in [-0.05, 0) is 53.2 Å². The van der Waals surface area contributed by atoms with Crippen molar-refractivity contribution in [3.05, 3.63) is 69.7 Å². The predicted octanol–water partition coefficient (Wildman–Crippen LogP) is 4.24. The summed E-state index contributed by atoms with van der Waals surface area (Å²) in [5, 5.41) is 7.79. The molecule has 3 rings (SSSR count). The van der Waals surface area contributed by atoms with Crippen molar-refractivity contribution in [3.8, 4) is 5.69 Å². The van der Waals surface area contributed by atoms with Gasteiger partial charge in [0, 0.05) is 11.2 Å². The van der Waals surface area contributed by atoms with E-state index in [1.54, 1.807) is 35.3 Å². The summed E-state index contributed by atoms with van der Waals surface area (Å²) in [4.78, 5) is 16.4. The van der Waals surface area contributed by atoms with Crippen LogP contribution in [0.25, 0.3) is 5.69 Å². The molecule has 0 unspecified atom stereocenters. The maximum Gasteiger partial charge on any atom is 0.258 e. The van der Waals surface area contributed by atoms with E-state index in [0.717, 1.165) is 11.4 Å². The Labute approximate surface area is 146 Å². The first kappa shape index (κ1) is 15.7. The minimum Gasteiger partial charge on any atom is -0.319 e. The number of amides is 1. The zero-order chi connectivity index (χ0) is 16.4. The number of carbonyl (C=O) groups excluding carboxylic acids is 1. The smallest absolute Gasteiger partial charge is 0.258 e. The Morgan fingerprint density at radius 2 is 2.13 bits per heavy atom. The summed E-state index contributed by atoms with van der Waals surface area (Å²) >= 11 is 9.28. The molecule has 0 saturated heterocycles. The van der Waals surface area contributed by atoms with Crippen LogP contribution in [0.15, 0.2) is 53.4 Å².